The van der Waals surface area contributed by atoms with Crippen LogP contribution in [0, 0.1) is 19.7 Å². The fourth-order valence-corrected chi connectivity index (χ4v) is 7.18. The summed E-state index contributed by atoms with van der Waals surface area (Å²) in [6.45, 7) is 3.97. The first-order valence-corrected chi connectivity index (χ1v) is 14.5. The number of hydrogen-bond acceptors (Lipinski definition) is 4. The molecule has 1 N–H and O–H groups in total. The molecule has 7 rings (SSSR count). The lowest BCUT2D eigenvalue weighted by molar-refractivity contribution is 0.0697. The third-order valence-corrected chi connectivity index (χ3v) is 9.17. The van der Waals surface area contributed by atoms with Crippen molar-refractivity contribution in [1.82, 2.24) is 9.13 Å². The summed E-state index contributed by atoms with van der Waals surface area (Å²) in [6, 6.07) is 23.1. The predicted molar refractivity (Wildman–Crippen MR) is 161 cm³/mol. The molecule has 2 aliphatic rings. The number of thiazole rings is 1. The zero-order valence-corrected chi connectivity index (χ0v) is 23.8. The molecule has 1 aliphatic heterocycles. The second-order valence-corrected chi connectivity index (χ2v) is 11.7. The van der Waals surface area contributed by atoms with Crippen molar-refractivity contribution in [2.75, 3.05) is 0 Å². The molecule has 8 heteroatoms. The van der Waals surface area contributed by atoms with Crippen LogP contribution in [-0.2, 0) is 6.42 Å². The number of carboxylic acid groups (broad SMARTS) is 1. The number of fused-ring (bicyclic) bond motifs is 3. The van der Waals surface area contributed by atoms with E-state index in [-0.39, 0.29) is 23.0 Å². The summed E-state index contributed by atoms with van der Waals surface area (Å²) in [4.78, 5) is 31.1. The minimum atomic E-state index is -0.970. The molecule has 6 nitrogen and oxygen atoms in total. The zero-order chi connectivity index (χ0) is 29.1. The van der Waals surface area contributed by atoms with E-state index in [0.29, 0.717) is 9.33 Å². The first-order chi connectivity index (χ1) is 20.3. The Morgan fingerprint density at radius 2 is 1.76 bits per heavy atom. The van der Waals surface area contributed by atoms with E-state index in [4.69, 9.17) is 4.99 Å². The topological polar surface area (TPSA) is 76.6 Å². The second kappa shape index (κ2) is 9.92. The number of nitrogens with zero attached hydrogens (tertiary/aromatic N) is 3. The molecule has 0 bridgehead atoms. The van der Waals surface area contributed by atoms with Gasteiger partial charge in [-0.3, -0.25) is 9.36 Å². The monoisotopic (exact) mass is 575 g/mol. The summed E-state index contributed by atoms with van der Waals surface area (Å²) in [5, 5.41) is 9.27. The Hall–Kier alpha value is -4.82. The first kappa shape index (κ1) is 26.1. The van der Waals surface area contributed by atoms with Crippen LogP contribution in [0.3, 0.4) is 0 Å². The maximum atomic E-state index is 14.1. The standard InChI is InChI=1S/C34H26FN3O3S/c1-19-17-24(20(2)37(19)26-14-9-23(10-15-26)33(40)41)18-29-32(39)38-31(22-7-12-25(35)13-8-22)28-16-11-21-5-3-4-6-27(21)30(28)36-34(38)42-29/h3-10,12-15,17-18,31H,11,16H2,1-2H3,(H,40,41)/b29-18+/t31-/m1/s1. The van der Waals surface area contributed by atoms with Crippen LogP contribution in [-0.4, -0.2) is 20.2 Å². The predicted octanol–water partition coefficient (Wildman–Crippen LogP) is 5.56. The van der Waals surface area contributed by atoms with Gasteiger partial charge < -0.3 is 9.67 Å². The number of rotatable bonds is 4. The summed E-state index contributed by atoms with van der Waals surface area (Å²) in [6.07, 6.45) is 3.53. The summed E-state index contributed by atoms with van der Waals surface area (Å²) in [5.74, 6) is -1.29. The van der Waals surface area contributed by atoms with E-state index < -0.39 is 5.97 Å². The molecule has 1 aliphatic carbocycles. The van der Waals surface area contributed by atoms with E-state index >= 15 is 0 Å². The maximum Gasteiger partial charge on any atom is 0.335 e. The van der Waals surface area contributed by atoms with E-state index in [9.17, 15) is 19.1 Å². The Morgan fingerprint density at radius 3 is 2.50 bits per heavy atom. The molecular weight excluding hydrogens is 549 g/mol. The number of aryl methyl sites for hydroxylation is 2. The van der Waals surface area contributed by atoms with Gasteiger partial charge in [-0.05, 0) is 97.5 Å². The van der Waals surface area contributed by atoms with Crippen LogP contribution in [0.4, 0.5) is 4.39 Å². The number of aromatic carboxylic acids is 1. The van der Waals surface area contributed by atoms with Crippen LogP contribution in [0.2, 0.25) is 0 Å². The van der Waals surface area contributed by atoms with Gasteiger partial charge in [0.15, 0.2) is 4.80 Å². The average molecular weight is 576 g/mol. The molecule has 0 saturated carbocycles. The van der Waals surface area contributed by atoms with Gasteiger partial charge in [0.25, 0.3) is 5.56 Å². The van der Waals surface area contributed by atoms with Gasteiger partial charge in [-0.2, -0.15) is 0 Å². The molecule has 3 aromatic carbocycles. The lowest BCUT2D eigenvalue weighted by Gasteiger charge is -2.30. The Balaban J connectivity index is 1.40. The van der Waals surface area contributed by atoms with Gasteiger partial charge in [-0.1, -0.05) is 47.7 Å². The van der Waals surface area contributed by atoms with Crippen LogP contribution in [0.15, 0.2) is 94.2 Å². The third kappa shape index (κ3) is 4.18. The van der Waals surface area contributed by atoms with Crippen molar-refractivity contribution in [1.29, 1.82) is 0 Å². The Labute approximate surface area is 244 Å². The minimum absolute atomic E-state index is 0.130. The third-order valence-electron chi connectivity index (χ3n) is 8.19. The van der Waals surface area contributed by atoms with Crippen molar-refractivity contribution in [3.05, 3.63) is 149 Å². The number of hydrogen-bond donors (Lipinski definition) is 1. The van der Waals surface area contributed by atoms with Gasteiger partial charge in [0.05, 0.1) is 21.8 Å². The molecule has 0 amide bonds. The van der Waals surface area contributed by atoms with E-state index in [1.54, 1.807) is 41.0 Å². The first-order valence-electron chi connectivity index (χ1n) is 13.7. The molecule has 0 spiro atoms. The molecule has 208 valence electrons. The van der Waals surface area contributed by atoms with E-state index in [1.807, 2.05) is 42.7 Å². The van der Waals surface area contributed by atoms with Crippen molar-refractivity contribution in [3.63, 3.8) is 0 Å². The number of halogens is 1. The second-order valence-electron chi connectivity index (χ2n) is 10.7. The number of benzene rings is 3. The molecule has 1 atom stereocenters. The van der Waals surface area contributed by atoms with Crippen molar-refractivity contribution in [2.45, 2.75) is 32.7 Å². The van der Waals surface area contributed by atoms with Crippen molar-refractivity contribution >= 4 is 29.1 Å². The fraction of sp³-hybridized carbons (Fsp3) is 0.147. The Bertz CT molecular complexity index is 2120. The summed E-state index contributed by atoms with van der Waals surface area (Å²) < 4.78 is 18.3. The molecule has 42 heavy (non-hydrogen) atoms. The van der Waals surface area contributed by atoms with Crippen molar-refractivity contribution in [2.24, 2.45) is 4.99 Å². The minimum Gasteiger partial charge on any atom is -0.478 e. The number of carboxylic acids is 1. The van der Waals surface area contributed by atoms with Crippen molar-refractivity contribution < 1.29 is 14.3 Å². The highest BCUT2D eigenvalue weighted by atomic mass is 32.1. The van der Waals surface area contributed by atoms with Gasteiger partial charge in [0.2, 0.25) is 0 Å². The summed E-state index contributed by atoms with van der Waals surface area (Å²) in [5.41, 5.74) is 8.89. The number of carbonyl (C=O) groups is 1. The van der Waals surface area contributed by atoms with Crippen LogP contribution >= 0.6 is 11.3 Å². The maximum absolute atomic E-state index is 14.1. The molecule has 0 radical (unpaired) electrons. The van der Waals surface area contributed by atoms with Gasteiger partial charge in [-0.25, -0.2) is 14.2 Å². The highest BCUT2D eigenvalue weighted by Crippen LogP contribution is 2.41. The smallest absolute Gasteiger partial charge is 0.335 e. The molecule has 5 aromatic rings. The highest BCUT2D eigenvalue weighted by molar-refractivity contribution is 7.07. The quantitative estimate of drug-likeness (QED) is 0.305. The number of aromatic nitrogens is 2. The Kier molecular flexibility index (Phi) is 6.17. The number of allylic oxidation sites excluding steroid dienone is 1. The summed E-state index contributed by atoms with van der Waals surface area (Å²) in [7, 11) is 0. The lowest BCUT2D eigenvalue weighted by Crippen LogP contribution is -2.38. The van der Waals surface area contributed by atoms with Crippen molar-refractivity contribution in [3.8, 4) is 5.69 Å². The van der Waals surface area contributed by atoms with Crippen LogP contribution in [0.1, 0.15) is 56.5 Å². The molecule has 3 heterocycles. The molecular formula is C34H26FN3O3S. The van der Waals surface area contributed by atoms with Gasteiger partial charge in [0, 0.05) is 22.6 Å². The fourth-order valence-electron chi connectivity index (χ4n) is 6.19. The normalized spacial score (nSPS) is 16.1. The molecule has 0 saturated heterocycles. The Morgan fingerprint density at radius 1 is 1.02 bits per heavy atom. The van der Waals surface area contributed by atoms with Crippen LogP contribution in [0.5, 0.6) is 0 Å². The lowest BCUT2D eigenvalue weighted by atomic mass is 9.83. The molecule has 0 fully saturated rings. The largest absolute Gasteiger partial charge is 0.478 e. The van der Waals surface area contributed by atoms with Crippen LogP contribution < -0.4 is 14.9 Å². The average Bonchev–Trinajstić information content (AvgIpc) is 3.45. The van der Waals surface area contributed by atoms with Gasteiger partial charge in [0.1, 0.15) is 5.82 Å². The highest BCUT2D eigenvalue weighted by Gasteiger charge is 2.32. The molecule has 2 aromatic heterocycles. The van der Waals surface area contributed by atoms with E-state index in [0.717, 1.165) is 57.9 Å². The SMILES string of the molecule is Cc1cc(/C=c2/sc3n(c2=O)[C@H](c2ccc(F)cc2)C2=C(N=3)c3ccccc3CC2)c(C)n1-c1ccc(C(=O)O)cc1. The van der Waals surface area contributed by atoms with Gasteiger partial charge >= 0.3 is 5.97 Å². The van der Waals surface area contributed by atoms with Crippen LogP contribution in [0.25, 0.3) is 17.5 Å². The van der Waals surface area contributed by atoms with E-state index in [2.05, 4.69) is 12.1 Å². The van der Waals surface area contributed by atoms with Gasteiger partial charge in [-0.15, -0.1) is 0 Å². The van der Waals surface area contributed by atoms with E-state index in [1.165, 1.54) is 29.0 Å². The molecule has 0 unspecified atom stereocenters. The zero-order valence-electron chi connectivity index (χ0n) is 23.0. The summed E-state index contributed by atoms with van der Waals surface area (Å²) >= 11 is 1.36.